The number of alkyl halides is 1. The Balaban J connectivity index is 2.61. The number of H-pyrrole nitrogens is 1. The minimum Gasteiger partial charge on any atom is -0.463 e. The van der Waals surface area contributed by atoms with Gasteiger partial charge in [0.1, 0.15) is 0 Å². The maximum atomic E-state index is 11.5. The van der Waals surface area contributed by atoms with E-state index in [1.165, 1.54) is 0 Å². The Morgan fingerprint density at radius 3 is 2.87 bits per heavy atom. The summed E-state index contributed by atoms with van der Waals surface area (Å²) in [5.41, 5.74) is 0. The monoisotopic (exact) mass is 276 g/mol. The Morgan fingerprint density at radius 2 is 2.33 bits per heavy atom. The maximum absolute atomic E-state index is 11.5. The number of carbonyl (C=O) groups is 1. The van der Waals surface area contributed by atoms with E-state index in [0.717, 1.165) is 0 Å². The zero-order valence-electron chi connectivity index (χ0n) is 8.80. The van der Waals surface area contributed by atoms with E-state index in [4.69, 9.17) is 4.74 Å². The summed E-state index contributed by atoms with van der Waals surface area (Å²) in [5, 5.41) is 8.87. The van der Waals surface area contributed by atoms with E-state index >= 15 is 0 Å². The van der Waals surface area contributed by atoms with Crippen LogP contribution in [0.15, 0.2) is 0 Å². The van der Waals surface area contributed by atoms with Gasteiger partial charge in [-0.15, -0.1) is 5.10 Å². The van der Waals surface area contributed by atoms with E-state index in [9.17, 15) is 4.79 Å². The molecule has 0 fully saturated rings. The number of halogens is 1. The third-order valence-corrected chi connectivity index (χ3v) is 1.87. The Hall–Kier alpha value is -1.11. The lowest BCUT2D eigenvalue weighted by Gasteiger charge is -2.13. The predicted octanol–water partition coefficient (Wildman–Crippen LogP) is 1.32. The summed E-state index contributed by atoms with van der Waals surface area (Å²) in [6.45, 7) is 5.79. The van der Waals surface area contributed by atoms with E-state index in [2.05, 4.69) is 36.4 Å². The number of aromatic nitrogens is 3. The van der Waals surface area contributed by atoms with Crippen molar-refractivity contribution in [1.29, 1.82) is 0 Å². The summed E-state index contributed by atoms with van der Waals surface area (Å²) >= 11 is 3.23. The standard InChI is InChI=1S/C8H13BrN4O2/c1-4-15-7-11-6(12-13-7)10-5(14)8(2,3)9/h4H2,1-3H3,(H2,10,11,12,13,14). The zero-order valence-corrected chi connectivity index (χ0v) is 10.4. The molecule has 1 amide bonds. The average molecular weight is 277 g/mol. The zero-order chi connectivity index (χ0) is 11.5. The van der Waals surface area contributed by atoms with Gasteiger partial charge in [-0.1, -0.05) is 15.9 Å². The van der Waals surface area contributed by atoms with Crippen LogP contribution in [0.25, 0.3) is 0 Å². The molecule has 0 spiro atoms. The number of ether oxygens (including phenoxy) is 1. The Labute approximate surface area is 95.9 Å². The minimum absolute atomic E-state index is 0.207. The van der Waals surface area contributed by atoms with Crippen LogP contribution in [0.4, 0.5) is 5.95 Å². The lowest BCUT2D eigenvalue weighted by Crippen LogP contribution is -2.31. The van der Waals surface area contributed by atoms with E-state index in [0.29, 0.717) is 6.61 Å². The molecule has 1 aromatic rings. The van der Waals surface area contributed by atoms with Gasteiger partial charge in [0.15, 0.2) is 0 Å². The molecule has 1 rings (SSSR count). The van der Waals surface area contributed by atoms with Gasteiger partial charge in [0.2, 0.25) is 11.9 Å². The molecule has 6 nitrogen and oxygen atoms in total. The molecule has 0 aliphatic carbocycles. The molecule has 0 atom stereocenters. The van der Waals surface area contributed by atoms with Gasteiger partial charge >= 0.3 is 6.01 Å². The van der Waals surface area contributed by atoms with Gasteiger partial charge in [0.25, 0.3) is 0 Å². The smallest absolute Gasteiger partial charge is 0.337 e. The topological polar surface area (TPSA) is 79.9 Å². The number of carbonyl (C=O) groups excluding carboxylic acids is 1. The first-order valence-electron chi connectivity index (χ1n) is 4.49. The number of rotatable bonds is 4. The molecule has 7 heteroatoms. The van der Waals surface area contributed by atoms with Crippen LogP contribution in [-0.4, -0.2) is 32.0 Å². The van der Waals surface area contributed by atoms with Crippen molar-refractivity contribution in [2.24, 2.45) is 0 Å². The average Bonchev–Trinajstić information content (AvgIpc) is 2.51. The molecule has 84 valence electrons. The van der Waals surface area contributed by atoms with Crippen LogP contribution >= 0.6 is 15.9 Å². The molecule has 0 saturated carbocycles. The van der Waals surface area contributed by atoms with Gasteiger partial charge < -0.3 is 4.74 Å². The van der Waals surface area contributed by atoms with Crippen LogP contribution in [-0.2, 0) is 4.79 Å². The van der Waals surface area contributed by atoms with Gasteiger partial charge in [0, 0.05) is 0 Å². The number of aromatic amines is 1. The van der Waals surface area contributed by atoms with Gasteiger partial charge in [-0.2, -0.15) is 4.98 Å². The van der Waals surface area contributed by atoms with Crippen LogP contribution in [0, 0.1) is 0 Å². The normalized spacial score (nSPS) is 11.2. The number of nitrogens with one attached hydrogen (secondary N) is 2. The minimum atomic E-state index is -0.647. The summed E-state index contributed by atoms with van der Waals surface area (Å²) in [6.07, 6.45) is 0. The molecule has 0 aliphatic rings. The highest BCUT2D eigenvalue weighted by atomic mass is 79.9. The first kappa shape index (κ1) is 12.0. The third-order valence-electron chi connectivity index (χ3n) is 1.51. The first-order valence-corrected chi connectivity index (χ1v) is 5.28. The Kier molecular flexibility index (Phi) is 3.67. The second kappa shape index (κ2) is 4.61. The van der Waals surface area contributed by atoms with Crippen LogP contribution < -0.4 is 10.1 Å². The second-order valence-corrected chi connectivity index (χ2v) is 5.31. The van der Waals surface area contributed by atoms with Crippen molar-refractivity contribution in [3.63, 3.8) is 0 Å². The number of nitrogens with zero attached hydrogens (tertiary/aromatic N) is 2. The molecule has 0 saturated heterocycles. The molecule has 2 N–H and O–H groups in total. The molecule has 0 aromatic carbocycles. The fourth-order valence-corrected chi connectivity index (χ4v) is 0.851. The third kappa shape index (κ3) is 3.50. The SMILES string of the molecule is CCOc1n[nH]c(NC(=O)C(C)(C)Br)n1. The molecule has 1 heterocycles. The van der Waals surface area contributed by atoms with E-state index in [1.54, 1.807) is 13.8 Å². The van der Waals surface area contributed by atoms with Crippen molar-refractivity contribution < 1.29 is 9.53 Å². The second-order valence-electron chi connectivity index (χ2n) is 3.33. The van der Waals surface area contributed by atoms with Crippen LogP contribution in [0.2, 0.25) is 0 Å². The highest BCUT2D eigenvalue weighted by molar-refractivity contribution is 9.10. The van der Waals surface area contributed by atoms with Crippen molar-refractivity contribution in [1.82, 2.24) is 15.2 Å². The van der Waals surface area contributed by atoms with Crippen molar-refractivity contribution in [3.05, 3.63) is 0 Å². The van der Waals surface area contributed by atoms with Crippen molar-refractivity contribution in [2.45, 2.75) is 25.1 Å². The molecular weight excluding hydrogens is 264 g/mol. The lowest BCUT2D eigenvalue weighted by molar-refractivity contribution is -0.117. The van der Waals surface area contributed by atoms with Gasteiger partial charge in [-0.05, 0) is 20.8 Å². The number of hydrogen-bond donors (Lipinski definition) is 2. The van der Waals surface area contributed by atoms with Crippen molar-refractivity contribution >= 4 is 27.8 Å². The Bertz CT molecular complexity index is 345. The largest absolute Gasteiger partial charge is 0.463 e. The first-order chi connectivity index (χ1) is 6.93. The van der Waals surface area contributed by atoms with Crippen molar-refractivity contribution in [3.8, 4) is 6.01 Å². The number of anilines is 1. The highest BCUT2D eigenvalue weighted by Crippen LogP contribution is 2.17. The summed E-state index contributed by atoms with van der Waals surface area (Å²) in [5.74, 6) is 0.0673. The maximum Gasteiger partial charge on any atom is 0.337 e. The summed E-state index contributed by atoms with van der Waals surface area (Å²) in [6, 6.07) is 0.222. The van der Waals surface area contributed by atoms with Crippen LogP contribution in [0.3, 0.4) is 0 Å². The molecule has 1 aromatic heterocycles. The summed E-state index contributed by atoms with van der Waals surface area (Å²) in [7, 11) is 0. The molecule has 0 aliphatic heterocycles. The van der Waals surface area contributed by atoms with E-state index < -0.39 is 4.32 Å². The van der Waals surface area contributed by atoms with Crippen LogP contribution in [0.5, 0.6) is 6.01 Å². The van der Waals surface area contributed by atoms with E-state index in [1.807, 2.05) is 6.92 Å². The fraction of sp³-hybridized carbons (Fsp3) is 0.625. The highest BCUT2D eigenvalue weighted by Gasteiger charge is 2.24. The lowest BCUT2D eigenvalue weighted by atomic mass is 10.2. The molecule has 15 heavy (non-hydrogen) atoms. The number of amides is 1. The molecule has 0 radical (unpaired) electrons. The predicted molar refractivity (Wildman–Crippen MR) is 59.2 cm³/mol. The molecule has 0 bridgehead atoms. The van der Waals surface area contributed by atoms with Crippen LogP contribution in [0.1, 0.15) is 20.8 Å². The van der Waals surface area contributed by atoms with Gasteiger partial charge in [0.05, 0.1) is 10.9 Å². The quantitative estimate of drug-likeness (QED) is 0.813. The van der Waals surface area contributed by atoms with Crippen molar-refractivity contribution in [2.75, 3.05) is 11.9 Å². The van der Waals surface area contributed by atoms with E-state index in [-0.39, 0.29) is 17.9 Å². The fourth-order valence-electron chi connectivity index (χ4n) is 0.752. The molecule has 0 unspecified atom stereocenters. The van der Waals surface area contributed by atoms with Gasteiger partial charge in [-0.3, -0.25) is 10.1 Å². The van der Waals surface area contributed by atoms with Gasteiger partial charge in [-0.25, -0.2) is 5.10 Å². The number of hydrogen-bond acceptors (Lipinski definition) is 4. The summed E-state index contributed by atoms with van der Waals surface area (Å²) < 4.78 is 4.39. The summed E-state index contributed by atoms with van der Waals surface area (Å²) in [4.78, 5) is 15.4. The Morgan fingerprint density at radius 1 is 1.67 bits per heavy atom. The molecular formula is C8H13BrN4O2.